The number of hydrogen-bond donors (Lipinski definition) is 1. The number of benzene rings is 1. The van der Waals surface area contributed by atoms with Crippen molar-refractivity contribution < 1.29 is 9.90 Å². The van der Waals surface area contributed by atoms with E-state index in [-0.39, 0.29) is 5.91 Å². The molecule has 1 aliphatic carbocycles. The van der Waals surface area contributed by atoms with Crippen LogP contribution in [-0.4, -0.2) is 76.6 Å². The fraction of sp³-hybridized carbons (Fsp3) is 0.696. The minimum atomic E-state index is -1.22. The maximum atomic E-state index is 13.1. The Kier molecular flexibility index (Phi) is 6.04. The van der Waals surface area contributed by atoms with Crippen LogP contribution in [0.1, 0.15) is 49.7 Å². The molecule has 0 spiro atoms. The maximum Gasteiger partial charge on any atom is 0.256 e. The standard InChI is InChI=1S/C23H35N3O2/c1-19-6-4-7-20(16-19)17-26-11-5-10-23(28,22(26)27)18-24-12-14-25(15-13-24)21-8-2-3-9-21/h4,6-7,16,21,28H,2-3,5,8-15,17-18H2,1H3/t23-/m0/s1. The summed E-state index contributed by atoms with van der Waals surface area (Å²) in [6.45, 7) is 7.96. The molecule has 2 heterocycles. The topological polar surface area (TPSA) is 47.0 Å². The largest absolute Gasteiger partial charge is 0.379 e. The number of β-amino-alcohol motifs (C(OH)–C–C–N with tert-alkyl or cyclic N) is 1. The van der Waals surface area contributed by atoms with Crippen LogP contribution < -0.4 is 0 Å². The highest BCUT2D eigenvalue weighted by Crippen LogP contribution is 2.28. The third-order valence-electron chi connectivity index (χ3n) is 6.89. The third kappa shape index (κ3) is 4.42. The Morgan fingerprint density at radius 1 is 1.07 bits per heavy atom. The van der Waals surface area contributed by atoms with Gasteiger partial charge in [0.25, 0.3) is 5.91 Å². The summed E-state index contributed by atoms with van der Waals surface area (Å²) in [5, 5.41) is 11.2. The Labute approximate surface area is 169 Å². The van der Waals surface area contributed by atoms with Crippen molar-refractivity contribution in [2.45, 2.75) is 63.6 Å². The van der Waals surface area contributed by atoms with E-state index in [9.17, 15) is 9.90 Å². The van der Waals surface area contributed by atoms with Crippen LogP contribution in [0.25, 0.3) is 0 Å². The van der Waals surface area contributed by atoms with E-state index < -0.39 is 5.60 Å². The number of piperazine rings is 1. The van der Waals surface area contributed by atoms with Gasteiger partial charge in [0.05, 0.1) is 0 Å². The Hall–Kier alpha value is -1.43. The van der Waals surface area contributed by atoms with E-state index >= 15 is 0 Å². The highest BCUT2D eigenvalue weighted by molar-refractivity contribution is 5.86. The molecule has 2 saturated heterocycles. The molecule has 4 rings (SSSR count). The predicted molar refractivity (Wildman–Crippen MR) is 111 cm³/mol. The van der Waals surface area contributed by atoms with E-state index in [1.807, 2.05) is 11.0 Å². The first-order chi connectivity index (χ1) is 13.5. The van der Waals surface area contributed by atoms with Gasteiger partial charge in [0.1, 0.15) is 0 Å². The van der Waals surface area contributed by atoms with Gasteiger partial charge in [0.15, 0.2) is 5.60 Å². The summed E-state index contributed by atoms with van der Waals surface area (Å²) in [5.41, 5.74) is 1.12. The van der Waals surface area contributed by atoms with E-state index in [1.165, 1.54) is 31.2 Å². The smallest absolute Gasteiger partial charge is 0.256 e. The molecule has 154 valence electrons. The summed E-state index contributed by atoms with van der Waals surface area (Å²) in [5.74, 6) is -0.0847. The SMILES string of the molecule is Cc1cccc(CN2CCC[C@](O)(CN3CCN(C4CCCC4)CC3)C2=O)c1. The van der Waals surface area contributed by atoms with Crippen LogP contribution in [0.5, 0.6) is 0 Å². The second-order valence-electron chi connectivity index (χ2n) is 9.10. The van der Waals surface area contributed by atoms with E-state index in [1.54, 1.807) is 0 Å². The van der Waals surface area contributed by atoms with Gasteiger partial charge in [-0.1, -0.05) is 42.7 Å². The Morgan fingerprint density at radius 2 is 1.82 bits per heavy atom. The van der Waals surface area contributed by atoms with E-state index in [2.05, 4.69) is 34.9 Å². The molecular formula is C23H35N3O2. The number of likely N-dealkylation sites (tertiary alicyclic amines) is 1. The first-order valence-electron chi connectivity index (χ1n) is 11.1. The summed E-state index contributed by atoms with van der Waals surface area (Å²) < 4.78 is 0. The van der Waals surface area contributed by atoms with E-state index in [4.69, 9.17) is 0 Å². The lowest BCUT2D eigenvalue weighted by Gasteiger charge is -2.44. The molecule has 1 amide bonds. The number of aliphatic hydroxyl groups is 1. The summed E-state index contributed by atoms with van der Waals surface area (Å²) in [7, 11) is 0. The van der Waals surface area contributed by atoms with Gasteiger partial charge in [0.2, 0.25) is 0 Å². The number of amides is 1. The summed E-state index contributed by atoms with van der Waals surface area (Å²) in [6.07, 6.45) is 6.88. The molecule has 1 N–H and O–H groups in total. The van der Waals surface area contributed by atoms with Crippen molar-refractivity contribution >= 4 is 5.91 Å². The molecule has 1 saturated carbocycles. The van der Waals surface area contributed by atoms with Crippen molar-refractivity contribution in [1.29, 1.82) is 0 Å². The minimum Gasteiger partial charge on any atom is -0.379 e. The molecule has 0 unspecified atom stereocenters. The molecule has 3 fully saturated rings. The number of piperidine rings is 1. The fourth-order valence-corrected chi connectivity index (χ4v) is 5.32. The molecule has 2 aliphatic heterocycles. The van der Waals surface area contributed by atoms with Gasteiger partial charge in [-0.3, -0.25) is 14.6 Å². The molecule has 28 heavy (non-hydrogen) atoms. The van der Waals surface area contributed by atoms with Gasteiger partial charge in [-0.15, -0.1) is 0 Å². The summed E-state index contributed by atoms with van der Waals surface area (Å²) in [6, 6.07) is 9.07. The zero-order valence-electron chi connectivity index (χ0n) is 17.3. The number of aryl methyl sites for hydroxylation is 1. The molecule has 1 aromatic carbocycles. The Morgan fingerprint density at radius 3 is 2.54 bits per heavy atom. The first kappa shape index (κ1) is 19.9. The van der Waals surface area contributed by atoms with Gasteiger partial charge in [-0.2, -0.15) is 0 Å². The number of rotatable bonds is 5. The molecule has 3 aliphatic rings. The van der Waals surface area contributed by atoms with Crippen molar-refractivity contribution in [1.82, 2.24) is 14.7 Å². The van der Waals surface area contributed by atoms with Crippen LogP contribution in [0.15, 0.2) is 24.3 Å². The highest BCUT2D eigenvalue weighted by atomic mass is 16.3. The zero-order chi connectivity index (χ0) is 19.6. The second kappa shape index (κ2) is 8.52. The van der Waals surface area contributed by atoms with Crippen LogP contribution in [0.3, 0.4) is 0 Å². The third-order valence-corrected chi connectivity index (χ3v) is 6.89. The number of hydrogen-bond acceptors (Lipinski definition) is 4. The fourth-order valence-electron chi connectivity index (χ4n) is 5.32. The molecule has 0 aromatic heterocycles. The number of carbonyl (C=O) groups is 1. The molecule has 5 nitrogen and oxygen atoms in total. The molecule has 5 heteroatoms. The van der Waals surface area contributed by atoms with Crippen LogP contribution >= 0.6 is 0 Å². The summed E-state index contributed by atoms with van der Waals surface area (Å²) >= 11 is 0. The molecular weight excluding hydrogens is 350 g/mol. The van der Waals surface area contributed by atoms with Crippen LogP contribution in [0, 0.1) is 6.92 Å². The summed E-state index contributed by atoms with van der Waals surface area (Å²) in [4.78, 5) is 19.9. The lowest BCUT2D eigenvalue weighted by atomic mass is 9.90. The Balaban J connectivity index is 1.33. The van der Waals surface area contributed by atoms with Crippen molar-refractivity contribution in [3.63, 3.8) is 0 Å². The molecule has 1 aromatic rings. The predicted octanol–water partition coefficient (Wildman–Crippen LogP) is 2.41. The highest BCUT2D eigenvalue weighted by Gasteiger charge is 2.43. The van der Waals surface area contributed by atoms with Crippen molar-refractivity contribution in [3.8, 4) is 0 Å². The van der Waals surface area contributed by atoms with Gasteiger partial charge < -0.3 is 10.0 Å². The molecule has 0 radical (unpaired) electrons. The van der Waals surface area contributed by atoms with Gasteiger partial charge in [-0.25, -0.2) is 0 Å². The maximum absolute atomic E-state index is 13.1. The lowest BCUT2D eigenvalue weighted by molar-refractivity contribution is -0.160. The quantitative estimate of drug-likeness (QED) is 0.846. The number of carbonyl (C=O) groups excluding carboxylic acids is 1. The average molecular weight is 386 g/mol. The average Bonchev–Trinajstić information content (AvgIpc) is 3.21. The molecule has 1 atom stereocenters. The monoisotopic (exact) mass is 385 g/mol. The lowest BCUT2D eigenvalue weighted by Crippen LogP contribution is -2.60. The first-order valence-corrected chi connectivity index (χ1v) is 11.1. The second-order valence-corrected chi connectivity index (χ2v) is 9.10. The van der Waals surface area contributed by atoms with Gasteiger partial charge in [0, 0.05) is 51.9 Å². The zero-order valence-corrected chi connectivity index (χ0v) is 17.3. The van der Waals surface area contributed by atoms with Crippen LogP contribution in [-0.2, 0) is 11.3 Å². The van der Waals surface area contributed by atoms with Crippen LogP contribution in [0.4, 0.5) is 0 Å². The van der Waals surface area contributed by atoms with Crippen molar-refractivity contribution in [3.05, 3.63) is 35.4 Å². The van der Waals surface area contributed by atoms with Crippen molar-refractivity contribution in [2.24, 2.45) is 0 Å². The number of nitrogens with zero attached hydrogens (tertiary/aromatic N) is 3. The van der Waals surface area contributed by atoms with E-state index in [0.717, 1.165) is 50.7 Å². The Bertz CT molecular complexity index is 680. The van der Waals surface area contributed by atoms with Crippen molar-refractivity contribution in [2.75, 3.05) is 39.3 Å². The van der Waals surface area contributed by atoms with Gasteiger partial charge >= 0.3 is 0 Å². The van der Waals surface area contributed by atoms with Crippen LogP contribution in [0.2, 0.25) is 0 Å². The molecule has 0 bridgehead atoms. The minimum absolute atomic E-state index is 0.0847. The van der Waals surface area contributed by atoms with Gasteiger partial charge in [-0.05, 0) is 38.2 Å². The normalized spacial score (nSPS) is 28.2. The van der Waals surface area contributed by atoms with E-state index in [0.29, 0.717) is 19.5 Å².